The predicted octanol–water partition coefficient (Wildman–Crippen LogP) is 1.86. The number of allylic oxidation sites excluding steroid dienone is 1. The van der Waals surface area contributed by atoms with Crippen LogP contribution in [0.1, 0.15) is 34.6 Å². The van der Waals surface area contributed by atoms with Crippen molar-refractivity contribution in [2.75, 3.05) is 0 Å². The second kappa shape index (κ2) is 4.21. The summed E-state index contributed by atoms with van der Waals surface area (Å²) in [5.41, 5.74) is -0.518. The van der Waals surface area contributed by atoms with Gasteiger partial charge in [-0.2, -0.15) is 0 Å². The van der Waals surface area contributed by atoms with E-state index in [0.717, 1.165) is 0 Å². The minimum atomic E-state index is -1.03. The Morgan fingerprint density at radius 3 is 2.00 bits per heavy atom. The van der Waals surface area contributed by atoms with Crippen LogP contribution in [0.3, 0.4) is 0 Å². The highest BCUT2D eigenvalue weighted by molar-refractivity contribution is 5.92. The molecule has 0 aliphatic rings. The van der Waals surface area contributed by atoms with Crippen molar-refractivity contribution in [1.29, 1.82) is 0 Å². The number of rotatable bonds is 3. The molecular formula is C10H16O3. The van der Waals surface area contributed by atoms with Gasteiger partial charge in [0.05, 0.1) is 0 Å². The van der Waals surface area contributed by atoms with Gasteiger partial charge in [-0.05, 0) is 34.6 Å². The largest absolute Gasteiger partial charge is 0.448 e. The molecule has 0 saturated carbocycles. The molecule has 3 heteroatoms. The molecule has 0 N–H and O–H groups in total. The van der Waals surface area contributed by atoms with E-state index < -0.39 is 11.6 Å². The van der Waals surface area contributed by atoms with E-state index >= 15 is 0 Å². The third kappa shape index (κ3) is 3.40. The van der Waals surface area contributed by atoms with Gasteiger partial charge >= 0.3 is 5.97 Å². The first kappa shape index (κ1) is 11.9. The number of carbonyl (C=O) groups excluding carboxylic acids is 2. The third-order valence-electron chi connectivity index (χ3n) is 1.95. The monoisotopic (exact) mass is 184 g/mol. The van der Waals surface area contributed by atoms with Crippen molar-refractivity contribution in [3.63, 3.8) is 0 Å². The van der Waals surface area contributed by atoms with Crippen molar-refractivity contribution < 1.29 is 14.3 Å². The lowest BCUT2D eigenvalue weighted by atomic mass is 10.1. The maximum absolute atomic E-state index is 11.3. The maximum atomic E-state index is 11.3. The van der Waals surface area contributed by atoms with Crippen molar-refractivity contribution in [2.24, 2.45) is 0 Å². The predicted molar refractivity (Wildman–Crippen MR) is 50.3 cm³/mol. The van der Waals surface area contributed by atoms with Gasteiger partial charge in [0.1, 0.15) is 0 Å². The molecule has 0 saturated heterocycles. The Morgan fingerprint density at radius 2 is 1.69 bits per heavy atom. The summed E-state index contributed by atoms with van der Waals surface area (Å²) in [5, 5.41) is 0. The Balaban J connectivity index is 4.46. The van der Waals surface area contributed by atoms with Gasteiger partial charge in [-0.3, -0.25) is 4.79 Å². The zero-order valence-corrected chi connectivity index (χ0v) is 8.80. The van der Waals surface area contributed by atoms with E-state index in [0.29, 0.717) is 5.57 Å². The molecule has 0 atom stereocenters. The average molecular weight is 184 g/mol. The molecule has 0 aliphatic carbocycles. The number of hydrogen-bond donors (Lipinski definition) is 0. The van der Waals surface area contributed by atoms with Gasteiger partial charge in [0, 0.05) is 5.57 Å². The van der Waals surface area contributed by atoms with Gasteiger partial charge in [0.2, 0.25) is 0 Å². The summed E-state index contributed by atoms with van der Waals surface area (Å²) in [6.45, 7) is 7.96. The van der Waals surface area contributed by atoms with Crippen LogP contribution >= 0.6 is 0 Å². The molecule has 0 radical (unpaired) electrons. The highest BCUT2D eigenvalue weighted by Crippen LogP contribution is 2.13. The molecule has 0 aromatic rings. The average Bonchev–Trinajstić information content (AvgIpc) is 2.01. The van der Waals surface area contributed by atoms with E-state index in [-0.39, 0.29) is 5.78 Å². The minimum absolute atomic E-state index is 0.162. The highest BCUT2D eigenvalue weighted by atomic mass is 16.6. The van der Waals surface area contributed by atoms with Crippen LogP contribution in [0.15, 0.2) is 11.6 Å². The fourth-order valence-electron chi connectivity index (χ4n) is 0.502. The van der Waals surface area contributed by atoms with E-state index in [1.807, 2.05) is 0 Å². The molecule has 0 aliphatic heterocycles. The third-order valence-corrected chi connectivity index (χ3v) is 1.95. The Morgan fingerprint density at radius 1 is 1.23 bits per heavy atom. The van der Waals surface area contributed by atoms with Crippen LogP contribution in [0.2, 0.25) is 0 Å². The zero-order chi connectivity index (χ0) is 10.6. The Labute approximate surface area is 78.8 Å². The van der Waals surface area contributed by atoms with Crippen molar-refractivity contribution >= 4 is 11.8 Å². The smallest absolute Gasteiger partial charge is 0.334 e. The second-order valence-corrected chi connectivity index (χ2v) is 3.43. The van der Waals surface area contributed by atoms with Crippen molar-refractivity contribution in [1.82, 2.24) is 0 Å². The van der Waals surface area contributed by atoms with Crippen LogP contribution in [0.5, 0.6) is 0 Å². The van der Waals surface area contributed by atoms with Crippen LogP contribution < -0.4 is 0 Å². The molecule has 0 amide bonds. The summed E-state index contributed by atoms with van der Waals surface area (Å²) in [7, 11) is 0. The molecule has 74 valence electrons. The number of ether oxygens (including phenoxy) is 1. The molecule has 0 aromatic carbocycles. The molecule has 0 heterocycles. The Hall–Kier alpha value is -1.12. The molecule has 13 heavy (non-hydrogen) atoms. The normalized spacial score (nSPS) is 12.5. The molecule has 0 aromatic heterocycles. The minimum Gasteiger partial charge on any atom is -0.448 e. The first-order valence-electron chi connectivity index (χ1n) is 4.18. The highest BCUT2D eigenvalue weighted by Gasteiger charge is 2.28. The van der Waals surface area contributed by atoms with E-state index in [1.165, 1.54) is 6.92 Å². The summed E-state index contributed by atoms with van der Waals surface area (Å²) in [4.78, 5) is 22.3. The van der Waals surface area contributed by atoms with Gasteiger partial charge in [-0.1, -0.05) is 6.08 Å². The molecule has 3 nitrogen and oxygen atoms in total. The number of ketones is 1. The van der Waals surface area contributed by atoms with Crippen LogP contribution in [-0.4, -0.2) is 17.4 Å². The standard InChI is InChI=1S/C10H16O3/c1-6-7(2)9(12)13-10(4,5)8(3)11/h6H,1-5H3/b7-6+. The second-order valence-electron chi connectivity index (χ2n) is 3.43. The zero-order valence-electron chi connectivity index (χ0n) is 8.80. The molecule has 0 spiro atoms. The summed E-state index contributed by atoms with van der Waals surface area (Å²) in [5.74, 6) is -0.604. The molecule has 0 unspecified atom stereocenters. The lowest BCUT2D eigenvalue weighted by Crippen LogP contribution is -2.35. The fourth-order valence-corrected chi connectivity index (χ4v) is 0.502. The molecule has 0 rings (SSSR count). The van der Waals surface area contributed by atoms with Crippen molar-refractivity contribution in [2.45, 2.75) is 40.2 Å². The van der Waals surface area contributed by atoms with Crippen LogP contribution in [-0.2, 0) is 14.3 Å². The van der Waals surface area contributed by atoms with E-state index in [1.54, 1.807) is 33.8 Å². The van der Waals surface area contributed by atoms with Gasteiger partial charge in [0.25, 0.3) is 0 Å². The van der Waals surface area contributed by atoms with Gasteiger partial charge in [-0.15, -0.1) is 0 Å². The van der Waals surface area contributed by atoms with E-state index in [9.17, 15) is 9.59 Å². The fraction of sp³-hybridized carbons (Fsp3) is 0.600. The van der Waals surface area contributed by atoms with Gasteiger partial charge < -0.3 is 4.74 Å². The lowest BCUT2D eigenvalue weighted by molar-refractivity contribution is -0.159. The van der Waals surface area contributed by atoms with Crippen molar-refractivity contribution in [3.8, 4) is 0 Å². The van der Waals surface area contributed by atoms with Crippen LogP contribution in [0.4, 0.5) is 0 Å². The summed E-state index contributed by atoms with van der Waals surface area (Å²) in [6.07, 6.45) is 1.65. The first-order chi connectivity index (χ1) is 5.81. The quantitative estimate of drug-likeness (QED) is 0.496. The SMILES string of the molecule is C/C=C(\C)C(=O)OC(C)(C)C(C)=O. The number of carbonyl (C=O) groups is 2. The molecule has 0 fully saturated rings. The van der Waals surface area contributed by atoms with Crippen molar-refractivity contribution in [3.05, 3.63) is 11.6 Å². The van der Waals surface area contributed by atoms with Crippen LogP contribution in [0, 0.1) is 0 Å². The number of hydrogen-bond acceptors (Lipinski definition) is 3. The van der Waals surface area contributed by atoms with E-state index in [2.05, 4.69) is 0 Å². The summed E-state index contributed by atoms with van der Waals surface area (Å²) < 4.78 is 5.00. The Kier molecular flexibility index (Phi) is 3.85. The lowest BCUT2D eigenvalue weighted by Gasteiger charge is -2.21. The maximum Gasteiger partial charge on any atom is 0.334 e. The number of Topliss-reactive ketones (excluding diaryl/α,β-unsaturated/α-hetero) is 1. The van der Waals surface area contributed by atoms with Gasteiger partial charge in [0.15, 0.2) is 11.4 Å². The van der Waals surface area contributed by atoms with Gasteiger partial charge in [-0.25, -0.2) is 4.79 Å². The van der Waals surface area contributed by atoms with Crippen LogP contribution in [0.25, 0.3) is 0 Å². The summed E-state index contributed by atoms with van der Waals surface area (Å²) in [6, 6.07) is 0. The first-order valence-corrected chi connectivity index (χ1v) is 4.18. The molecular weight excluding hydrogens is 168 g/mol. The Bertz CT molecular complexity index is 249. The topological polar surface area (TPSA) is 43.4 Å². The molecule has 0 bridgehead atoms. The summed E-state index contributed by atoms with van der Waals surface area (Å²) >= 11 is 0. The number of esters is 1. The van der Waals surface area contributed by atoms with E-state index in [4.69, 9.17) is 4.74 Å².